The van der Waals surface area contributed by atoms with E-state index in [2.05, 4.69) is 10.3 Å². The van der Waals surface area contributed by atoms with E-state index >= 15 is 0 Å². The van der Waals surface area contributed by atoms with Crippen LogP contribution in [0.15, 0.2) is 23.4 Å². The molecule has 1 aliphatic carbocycles. The van der Waals surface area contributed by atoms with Crippen molar-refractivity contribution in [2.75, 3.05) is 26.0 Å². The maximum atomic E-state index is 12.4. The van der Waals surface area contributed by atoms with Gasteiger partial charge in [0.2, 0.25) is 10.0 Å². The molecule has 1 N–H and O–H groups in total. The molecule has 0 radical (unpaired) electrons. The Morgan fingerprint density at radius 3 is 2.78 bits per heavy atom. The van der Waals surface area contributed by atoms with Crippen molar-refractivity contribution in [3.63, 3.8) is 0 Å². The van der Waals surface area contributed by atoms with Gasteiger partial charge >= 0.3 is 0 Å². The minimum absolute atomic E-state index is 0.245. The Balaban J connectivity index is 2.23. The third kappa shape index (κ3) is 2.49. The molecule has 0 aliphatic heterocycles. The normalized spacial score (nSPS) is 16.6. The number of sulfonamides is 1. The van der Waals surface area contributed by atoms with Crippen LogP contribution in [0, 0.1) is 5.92 Å². The van der Waals surface area contributed by atoms with E-state index in [1.807, 2.05) is 0 Å². The predicted octanol–water partition coefficient (Wildman–Crippen LogP) is 1.54. The lowest BCUT2D eigenvalue weighted by Crippen LogP contribution is -2.34. The third-order valence-electron chi connectivity index (χ3n) is 3.48. The van der Waals surface area contributed by atoms with Gasteiger partial charge in [-0.15, -0.1) is 0 Å². The van der Waals surface area contributed by atoms with E-state index in [0.29, 0.717) is 18.2 Å². The lowest BCUT2D eigenvalue weighted by atomic mass is 9.86. The molecule has 100 valence electrons. The first-order valence-electron chi connectivity index (χ1n) is 6.14. The fourth-order valence-electron chi connectivity index (χ4n) is 2.10. The first kappa shape index (κ1) is 13.3. The standard InChI is InChI=1S/C12H19N3O2S/c1-13-11-6-7-14-8-12(11)18(16,17)15(2)9-10-4-3-5-10/h6-8,10H,3-5,9H2,1-2H3,(H,13,14). The van der Waals surface area contributed by atoms with Crippen molar-refractivity contribution in [1.82, 2.24) is 9.29 Å². The van der Waals surface area contributed by atoms with Crippen molar-refractivity contribution in [2.45, 2.75) is 24.2 Å². The molecule has 1 heterocycles. The van der Waals surface area contributed by atoms with Crippen LogP contribution >= 0.6 is 0 Å². The minimum Gasteiger partial charge on any atom is -0.387 e. The Bertz CT molecular complexity index is 512. The van der Waals surface area contributed by atoms with E-state index in [1.54, 1.807) is 26.4 Å². The van der Waals surface area contributed by atoms with E-state index in [4.69, 9.17) is 0 Å². The molecule has 0 unspecified atom stereocenters. The Morgan fingerprint density at radius 1 is 1.50 bits per heavy atom. The number of rotatable bonds is 5. The second-order valence-electron chi connectivity index (χ2n) is 4.70. The van der Waals surface area contributed by atoms with Crippen LogP contribution in [-0.2, 0) is 10.0 Å². The molecule has 1 aliphatic rings. The smallest absolute Gasteiger partial charge is 0.246 e. The van der Waals surface area contributed by atoms with Gasteiger partial charge in [-0.3, -0.25) is 4.98 Å². The van der Waals surface area contributed by atoms with E-state index in [-0.39, 0.29) is 4.90 Å². The zero-order valence-electron chi connectivity index (χ0n) is 10.8. The van der Waals surface area contributed by atoms with Crippen LogP contribution in [0.25, 0.3) is 0 Å². The monoisotopic (exact) mass is 269 g/mol. The average Bonchev–Trinajstić information content (AvgIpc) is 2.33. The molecule has 5 nitrogen and oxygen atoms in total. The summed E-state index contributed by atoms with van der Waals surface area (Å²) in [4.78, 5) is 4.15. The van der Waals surface area contributed by atoms with Crippen LogP contribution in [0.5, 0.6) is 0 Å². The molecular weight excluding hydrogens is 250 g/mol. The topological polar surface area (TPSA) is 62.3 Å². The highest BCUT2D eigenvalue weighted by Crippen LogP contribution is 2.29. The van der Waals surface area contributed by atoms with Gasteiger partial charge in [0.15, 0.2) is 0 Å². The molecule has 0 aromatic carbocycles. The maximum Gasteiger partial charge on any atom is 0.246 e. The highest BCUT2D eigenvalue weighted by molar-refractivity contribution is 7.89. The molecule has 1 saturated carbocycles. The number of nitrogens with one attached hydrogen (secondary N) is 1. The van der Waals surface area contributed by atoms with E-state index < -0.39 is 10.0 Å². The SMILES string of the molecule is CNc1ccncc1S(=O)(=O)N(C)CC1CCC1. The summed E-state index contributed by atoms with van der Waals surface area (Å²) in [5.74, 6) is 0.513. The lowest BCUT2D eigenvalue weighted by Gasteiger charge is -2.29. The van der Waals surface area contributed by atoms with Gasteiger partial charge in [-0.25, -0.2) is 12.7 Å². The van der Waals surface area contributed by atoms with Crippen LogP contribution in [-0.4, -0.2) is 38.3 Å². The van der Waals surface area contributed by atoms with Crippen molar-refractivity contribution in [1.29, 1.82) is 0 Å². The first-order chi connectivity index (χ1) is 8.55. The van der Waals surface area contributed by atoms with E-state index in [0.717, 1.165) is 12.8 Å². The summed E-state index contributed by atoms with van der Waals surface area (Å²) < 4.78 is 26.3. The lowest BCUT2D eigenvalue weighted by molar-refractivity contribution is 0.263. The molecule has 18 heavy (non-hydrogen) atoms. The number of anilines is 1. The molecular formula is C12H19N3O2S. The molecule has 6 heteroatoms. The van der Waals surface area contributed by atoms with Gasteiger partial charge in [0, 0.05) is 33.0 Å². The highest BCUT2D eigenvalue weighted by atomic mass is 32.2. The van der Waals surface area contributed by atoms with Gasteiger partial charge in [0.25, 0.3) is 0 Å². The van der Waals surface area contributed by atoms with Crippen molar-refractivity contribution in [3.05, 3.63) is 18.5 Å². The first-order valence-corrected chi connectivity index (χ1v) is 7.58. The Hall–Kier alpha value is -1.14. The van der Waals surface area contributed by atoms with Crippen molar-refractivity contribution in [3.8, 4) is 0 Å². The molecule has 0 atom stereocenters. The molecule has 2 rings (SSSR count). The number of nitrogens with zero attached hydrogens (tertiary/aromatic N) is 2. The Kier molecular flexibility index (Phi) is 3.87. The van der Waals surface area contributed by atoms with Crippen LogP contribution in [0.1, 0.15) is 19.3 Å². The third-order valence-corrected chi connectivity index (χ3v) is 5.33. The fourth-order valence-corrected chi connectivity index (χ4v) is 3.48. The maximum absolute atomic E-state index is 12.4. The second kappa shape index (κ2) is 5.24. The zero-order chi connectivity index (χ0) is 13.2. The van der Waals surface area contributed by atoms with Gasteiger partial charge in [-0.2, -0.15) is 0 Å². The number of aromatic nitrogens is 1. The molecule has 0 spiro atoms. The van der Waals surface area contributed by atoms with E-state index in [9.17, 15) is 8.42 Å². The van der Waals surface area contributed by atoms with Crippen LogP contribution in [0.4, 0.5) is 5.69 Å². The average molecular weight is 269 g/mol. The summed E-state index contributed by atoms with van der Waals surface area (Å²) in [6, 6.07) is 1.67. The molecule has 1 aromatic rings. The van der Waals surface area contributed by atoms with Gasteiger partial charge in [-0.1, -0.05) is 6.42 Å². The molecule has 0 bridgehead atoms. The molecule has 1 fully saturated rings. The van der Waals surface area contributed by atoms with Crippen molar-refractivity contribution >= 4 is 15.7 Å². The van der Waals surface area contributed by atoms with Gasteiger partial charge < -0.3 is 5.32 Å². The second-order valence-corrected chi connectivity index (χ2v) is 6.72. The van der Waals surface area contributed by atoms with E-state index in [1.165, 1.54) is 16.9 Å². The fraction of sp³-hybridized carbons (Fsp3) is 0.583. The summed E-state index contributed by atoms with van der Waals surface area (Å²) in [5.41, 5.74) is 0.588. The van der Waals surface area contributed by atoms with Gasteiger partial charge in [0.1, 0.15) is 4.90 Å². The Morgan fingerprint density at radius 2 is 2.22 bits per heavy atom. The van der Waals surface area contributed by atoms with Crippen LogP contribution < -0.4 is 5.32 Å². The van der Waals surface area contributed by atoms with Crippen molar-refractivity contribution in [2.24, 2.45) is 5.92 Å². The quantitative estimate of drug-likeness (QED) is 0.881. The van der Waals surface area contributed by atoms with Crippen LogP contribution in [0.2, 0.25) is 0 Å². The highest BCUT2D eigenvalue weighted by Gasteiger charge is 2.28. The number of pyridine rings is 1. The van der Waals surface area contributed by atoms with Crippen molar-refractivity contribution < 1.29 is 8.42 Å². The Labute approximate surface area is 108 Å². The van der Waals surface area contributed by atoms with Crippen LogP contribution in [0.3, 0.4) is 0 Å². The zero-order valence-corrected chi connectivity index (χ0v) is 11.6. The summed E-state index contributed by atoms with van der Waals surface area (Å²) >= 11 is 0. The minimum atomic E-state index is -3.44. The largest absolute Gasteiger partial charge is 0.387 e. The molecule has 0 amide bonds. The predicted molar refractivity (Wildman–Crippen MR) is 70.9 cm³/mol. The summed E-state index contributed by atoms with van der Waals surface area (Å²) in [6.07, 6.45) is 6.46. The van der Waals surface area contributed by atoms with Gasteiger partial charge in [0.05, 0.1) is 5.69 Å². The summed E-state index contributed by atoms with van der Waals surface area (Å²) in [7, 11) is -0.0971. The van der Waals surface area contributed by atoms with Gasteiger partial charge in [-0.05, 0) is 24.8 Å². The molecule has 1 aromatic heterocycles. The number of hydrogen-bond acceptors (Lipinski definition) is 4. The molecule has 0 saturated heterocycles. The number of hydrogen-bond donors (Lipinski definition) is 1. The summed E-state index contributed by atoms with van der Waals surface area (Å²) in [5, 5.41) is 2.89. The summed E-state index contributed by atoms with van der Waals surface area (Å²) in [6.45, 7) is 0.598.